The van der Waals surface area contributed by atoms with Gasteiger partial charge < -0.3 is 15.0 Å². The number of thiazole rings is 1. The van der Waals surface area contributed by atoms with Gasteiger partial charge >= 0.3 is 6.09 Å². The molecule has 110 valence electrons. The highest BCUT2D eigenvalue weighted by Gasteiger charge is 2.29. The summed E-state index contributed by atoms with van der Waals surface area (Å²) in [7, 11) is 0. The molecule has 2 heterocycles. The lowest BCUT2D eigenvalue weighted by Crippen LogP contribution is -2.44. The van der Waals surface area contributed by atoms with Gasteiger partial charge in [-0.1, -0.05) is 0 Å². The van der Waals surface area contributed by atoms with Crippen molar-refractivity contribution in [3.63, 3.8) is 0 Å². The average molecular weight is 297 g/mol. The summed E-state index contributed by atoms with van der Waals surface area (Å²) in [6.45, 7) is 5.07. The van der Waals surface area contributed by atoms with E-state index in [2.05, 4.69) is 10.3 Å². The van der Waals surface area contributed by atoms with E-state index in [1.807, 2.05) is 12.3 Å². The van der Waals surface area contributed by atoms with Gasteiger partial charge in [0.25, 0.3) is 0 Å². The molecule has 1 aromatic rings. The van der Waals surface area contributed by atoms with Crippen molar-refractivity contribution in [1.29, 1.82) is 0 Å². The highest BCUT2D eigenvalue weighted by Crippen LogP contribution is 2.21. The predicted molar refractivity (Wildman–Crippen MR) is 76.8 cm³/mol. The first-order chi connectivity index (χ1) is 9.60. The lowest BCUT2D eigenvalue weighted by Gasteiger charge is -2.30. The number of aromatic nitrogens is 1. The first-order valence-electron chi connectivity index (χ1n) is 6.75. The van der Waals surface area contributed by atoms with Crippen molar-refractivity contribution in [3.8, 4) is 0 Å². The van der Waals surface area contributed by atoms with Crippen LogP contribution < -0.4 is 5.32 Å². The van der Waals surface area contributed by atoms with Gasteiger partial charge in [0, 0.05) is 18.5 Å². The van der Waals surface area contributed by atoms with Gasteiger partial charge in [-0.05, 0) is 26.7 Å². The van der Waals surface area contributed by atoms with Gasteiger partial charge in [-0.25, -0.2) is 9.78 Å². The highest BCUT2D eigenvalue weighted by atomic mass is 32.1. The minimum atomic E-state index is -0.338. The van der Waals surface area contributed by atoms with E-state index in [4.69, 9.17) is 4.74 Å². The second-order valence-corrected chi connectivity index (χ2v) is 5.63. The molecule has 1 saturated heterocycles. The SMILES string of the molecule is CCOC(=O)N1CCCC(C(=O)Nc2nc(C)cs2)C1. The van der Waals surface area contributed by atoms with E-state index >= 15 is 0 Å². The Bertz CT molecular complexity index is 489. The molecule has 0 radical (unpaired) electrons. The molecule has 0 spiro atoms. The standard InChI is InChI=1S/C13H19N3O3S/c1-3-19-13(18)16-6-4-5-10(7-16)11(17)15-12-14-9(2)8-20-12/h8,10H,3-7H2,1-2H3,(H,14,15,17). The summed E-state index contributed by atoms with van der Waals surface area (Å²) in [5.41, 5.74) is 0.891. The average Bonchev–Trinajstić information content (AvgIpc) is 2.84. The summed E-state index contributed by atoms with van der Waals surface area (Å²) in [5, 5.41) is 5.32. The fourth-order valence-electron chi connectivity index (χ4n) is 2.19. The molecule has 1 aliphatic rings. The number of hydrogen-bond acceptors (Lipinski definition) is 5. The number of piperidine rings is 1. The number of anilines is 1. The quantitative estimate of drug-likeness (QED) is 0.929. The van der Waals surface area contributed by atoms with Gasteiger partial charge in [-0.15, -0.1) is 11.3 Å². The second kappa shape index (κ2) is 6.69. The summed E-state index contributed by atoms with van der Waals surface area (Å²) in [6, 6.07) is 0. The molecule has 1 aliphatic heterocycles. The van der Waals surface area contributed by atoms with Crippen LogP contribution in [0.4, 0.5) is 9.93 Å². The van der Waals surface area contributed by atoms with Crippen molar-refractivity contribution in [3.05, 3.63) is 11.1 Å². The molecule has 0 bridgehead atoms. The monoisotopic (exact) mass is 297 g/mol. The molecule has 2 rings (SSSR count). The van der Waals surface area contributed by atoms with Crippen LogP contribution in [0.5, 0.6) is 0 Å². The van der Waals surface area contributed by atoms with Crippen LogP contribution in [0.1, 0.15) is 25.5 Å². The second-order valence-electron chi connectivity index (χ2n) is 4.77. The number of ether oxygens (including phenoxy) is 1. The Balaban J connectivity index is 1.91. The first-order valence-corrected chi connectivity index (χ1v) is 7.62. The number of carbonyl (C=O) groups excluding carboxylic acids is 2. The van der Waals surface area contributed by atoms with Gasteiger partial charge in [0.1, 0.15) is 0 Å². The van der Waals surface area contributed by atoms with Crippen LogP contribution >= 0.6 is 11.3 Å². The number of rotatable bonds is 3. The van der Waals surface area contributed by atoms with Crippen LogP contribution in [0.25, 0.3) is 0 Å². The Kier molecular flexibility index (Phi) is 4.94. The van der Waals surface area contributed by atoms with Crippen molar-refractivity contribution in [2.75, 3.05) is 25.0 Å². The highest BCUT2D eigenvalue weighted by molar-refractivity contribution is 7.13. The summed E-state index contributed by atoms with van der Waals surface area (Å²) in [4.78, 5) is 29.7. The van der Waals surface area contributed by atoms with Crippen LogP contribution in [0.3, 0.4) is 0 Å². The lowest BCUT2D eigenvalue weighted by atomic mass is 9.97. The Morgan fingerprint density at radius 3 is 3.05 bits per heavy atom. The maximum atomic E-state index is 12.2. The number of amides is 2. The van der Waals surface area contributed by atoms with E-state index in [1.165, 1.54) is 11.3 Å². The number of hydrogen-bond donors (Lipinski definition) is 1. The zero-order chi connectivity index (χ0) is 14.5. The molecule has 1 aromatic heterocycles. The topological polar surface area (TPSA) is 71.5 Å². The fourth-order valence-corrected chi connectivity index (χ4v) is 2.88. The van der Waals surface area contributed by atoms with Crippen LogP contribution in [-0.4, -0.2) is 41.6 Å². The Labute approximate surface area is 122 Å². The molecular formula is C13H19N3O3S. The minimum Gasteiger partial charge on any atom is -0.450 e. The number of nitrogens with one attached hydrogen (secondary N) is 1. The third-order valence-corrected chi connectivity index (χ3v) is 4.04. The number of aryl methyl sites for hydroxylation is 1. The molecule has 1 unspecified atom stereocenters. The van der Waals surface area contributed by atoms with Gasteiger partial charge in [-0.3, -0.25) is 4.79 Å². The van der Waals surface area contributed by atoms with E-state index < -0.39 is 0 Å². The van der Waals surface area contributed by atoms with Crippen molar-refractivity contribution in [2.24, 2.45) is 5.92 Å². The summed E-state index contributed by atoms with van der Waals surface area (Å²) in [5.74, 6) is -0.272. The van der Waals surface area contributed by atoms with E-state index in [9.17, 15) is 9.59 Å². The summed E-state index contributed by atoms with van der Waals surface area (Å²) in [6.07, 6.45) is 1.26. The fraction of sp³-hybridized carbons (Fsp3) is 0.615. The normalized spacial score (nSPS) is 18.7. The molecule has 0 saturated carbocycles. The van der Waals surface area contributed by atoms with Crippen molar-refractivity contribution < 1.29 is 14.3 Å². The van der Waals surface area contributed by atoms with Crippen LogP contribution in [0, 0.1) is 12.8 Å². The maximum absolute atomic E-state index is 12.2. The third kappa shape index (κ3) is 3.69. The van der Waals surface area contributed by atoms with Crippen molar-refractivity contribution >= 4 is 28.5 Å². The van der Waals surface area contributed by atoms with E-state index in [-0.39, 0.29) is 17.9 Å². The largest absolute Gasteiger partial charge is 0.450 e. The van der Waals surface area contributed by atoms with Crippen LogP contribution in [0.2, 0.25) is 0 Å². The van der Waals surface area contributed by atoms with Gasteiger partial charge in [0.05, 0.1) is 18.2 Å². The molecule has 6 nitrogen and oxygen atoms in total. The number of likely N-dealkylation sites (tertiary alicyclic amines) is 1. The number of nitrogens with zero attached hydrogens (tertiary/aromatic N) is 2. The Morgan fingerprint density at radius 2 is 2.40 bits per heavy atom. The Hall–Kier alpha value is -1.63. The molecule has 7 heteroatoms. The molecule has 20 heavy (non-hydrogen) atoms. The molecule has 0 aliphatic carbocycles. The molecule has 0 aromatic carbocycles. The van der Waals surface area contributed by atoms with Gasteiger partial charge in [0.2, 0.25) is 5.91 Å². The lowest BCUT2D eigenvalue weighted by molar-refractivity contribution is -0.121. The number of carbonyl (C=O) groups is 2. The smallest absolute Gasteiger partial charge is 0.409 e. The van der Waals surface area contributed by atoms with E-state index in [0.717, 1.165) is 18.5 Å². The minimum absolute atomic E-state index is 0.0756. The zero-order valence-electron chi connectivity index (χ0n) is 11.7. The molecule has 1 atom stereocenters. The summed E-state index contributed by atoms with van der Waals surface area (Å²) < 4.78 is 4.98. The van der Waals surface area contributed by atoms with E-state index in [1.54, 1.807) is 11.8 Å². The zero-order valence-corrected chi connectivity index (χ0v) is 12.5. The van der Waals surface area contributed by atoms with Crippen LogP contribution in [-0.2, 0) is 9.53 Å². The van der Waals surface area contributed by atoms with Gasteiger partial charge in [-0.2, -0.15) is 0 Å². The summed E-state index contributed by atoms with van der Waals surface area (Å²) >= 11 is 1.41. The van der Waals surface area contributed by atoms with Crippen molar-refractivity contribution in [2.45, 2.75) is 26.7 Å². The first kappa shape index (κ1) is 14.8. The predicted octanol–water partition coefficient (Wildman–Crippen LogP) is 2.26. The van der Waals surface area contributed by atoms with Gasteiger partial charge in [0.15, 0.2) is 5.13 Å². The molecule has 1 fully saturated rings. The maximum Gasteiger partial charge on any atom is 0.409 e. The third-order valence-electron chi connectivity index (χ3n) is 3.17. The molecule has 2 amide bonds. The van der Waals surface area contributed by atoms with E-state index in [0.29, 0.717) is 24.8 Å². The van der Waals surface area contributed by atoms with Crippen molar-refractivity contribution in [1.82, 2.24) is 9.88 Å². The molecular weight excluding hydrogens is 278 g/mol. The van der Waals surface area contributed by atoms with Crippen LogP contribution in [0.15, 0.2) is 5.38 Å². The molecule has 1 N–H and O–H groups in total. The Morgan fingerprint density at radius 1 is 1.60 bits per heavy atom.